The first-order valence-corrected chi connectivity index (χ1v) is 7.13. The lowest BCUT2D eigenvalue weighted by Crippen LogP contribution is -2.49. The number of benzene rings is 1. The summed E-state index contributed by atoms with van der Waals surface area (Å²) in [7, 11) is 0. The lowest BCUT2D eigenvalue weighted by molar-refractivity contribution is 0.412. The van der Waals surface area contributed by atoms with Crippen LogP contribution in [-0.4, -0.2) is 23.6 Å². The van der Waals surface area contributed by atoms with Crippen LogP contribution in [0.1, 0.15) is 26.2 Å². The van der Waals surface area contributed by atoms with Crippen molar-refractivity contribution >= 4 is 16.6 Å². The molecule has 2 atom stereocenters. The molecule has 1 aliphatic rings. The van der Waals surface area contributed by atoms with Gasteiger partial charge in [0, 0.05) is 30.2 Å². The molecule has 0 aliphatic carbocycles. The first kappa shape index (κ1) is 12.4. The van der Waals surface area contributed by atoms with Gasteiger partial charge < -0.3 is 10.6 Å². The van der Waals surface area contributed by atoms with E-state index in [1.54, 1.807) is 0 Å². The Morgan fingerprint density at radius 3 is 2.95 bits per heavy atom. The van der Waals surface area contributed by atoms with Crippen LogP contribution < -0.4 is 10.6 Å². The minimum Gasteiger partial charge on any atom is -0.352 e. The highest BCUT2D eigenvalue weighted by Crippen LogP contribution is 2.30. The van der Waals surface area contributed by atoms with E-state index in [-0.39, 0.29) is 6.04 Å². The van der Waals surface area contributed by atoms with Gasteiger partial charge in [-0.1, -0.05) is 24.3 Å². The second kappa shape index (κ2) is 5.17. The van der Waals surface area contributed by atoms with Crippen molar-refractivity contribution in [2.75, 3.05) is 11.4 Å². The van der Waals surface area contributed by atoms with E-state index < -0.39 is 0 Å². The fourth-order valence-corrected chi connectivity index (χ4v) is 3.10. The summed E-state index contributed by atoms with van der Waals surface area (Å²) < 4.78 is 0. The Hall–Kier alpha value is -1.61. The van der Waals surface area contributed by atoms with Crippen molar-refractivity contribution in [1.29, 1.82) is 0 Å². The maximum absolute atomic E-state index is 6.17. The zero-order valence-corrected chi connectivity index (χ0v) is 11.4. The Kier molecular flexibility index (Phi) is 3.38. The fraction of sp³-hybridized carbons (Fsp3) is 0.438. The molecule has 2 unspecified atom stereocenters. The van der Waals surface area contributed by atoms with Crippen LogP contribution in [0.2, 0.25) is 0 Å². The predicted octanol–water partition coefficient (Wildman–Crippen LogP) is 2.94. The van der Waals surface area contributed by atoms with E-state index in [9.17, 15) is 0 Å². The Morgan fingerprint density at radius 2 is 2.11 bits per heavy atom. The zero-order chi connectivity index (χ0) is 13.2. The van der Waals surface area contributed by atoms with Crippen LogP contribution in [0.4, 0.5) is 5.82 Å². The van der Waals surface area contributed by atoms with E-state index in [2.05, 4.69) is 47.1 Å². The molecular formula is C16H21N3. The molecule has 19 heavy (non-hydrogen) atoms. The summed E-state index contributed by atoms with van der Waals surface area (Å²) in [6, 6.07) is 11.1. The first-order valence-electron chi connectivity index (χ1n) is 7.13. The van der Waals surface area contributed by atoms with Gasteiger partial charge in [-0.3, -0.25) is 0 Å². The number of fused-ring (bicyclic) bond motifs is 1. The molecule has 0 amide bonds. The number of hydrogen-bond donors (Lipinski definition) is 1. The topological polar surface area (TPSA) is 42.1 Å². The zero-order valence-electron chi connectivity index (χ0n) is 11.4. The highest BCUT2D eigenvalue weighted by atomic mass is 15.2. The molecule has 100 valence electrons. The van der Waals surface area contributed by atoms with E-state index in [1.165, 1.54) is 30.0 Å². The standard InChI is InChI=1S/C16H21N3/c1-12(17)15-8-4-5-11-19(15)16-14-7-3-2-6-13(14)9-10-18-16/h2-3,6-7,9-10,12,15H,4-5,8,11,17H2,1H3. The van der Waals surface area contributed by atoms with E-state index in [1.807, 2.05) is 6.20 Å². The SMILES string of the molecule is CC(N)C1CCCCN1c1nccc2ccccc12. The minimum atomic E-state index is 0.182. The van der Waals surface area contributed by atoms with Crippen LogP contribution in [0.25, 0.3) is 10.8 Å². The summed E-state index contributed by atoms with van der Waals surface area (Å²) in [5, 5.41) is 2.49. The molecule has 1 saturated heterocycles. The van der Waals surface area contributed by atoms with Crippen molar-refractivity contribution in [1.82, 2.24) is 4.98 Å². The molecule has 0 bridgehead atoms. The molecule has 1 aromatic carbocycles. The third kappa shape index (κ3) is 2.30. The van der Waals surface area contributed by atoms with Crippen molar-refractivity contribution in [3.8, 4) is 0 Å². The highest BCUT2D eigenvalue weighted by molar-refractivity contribution is 5.92. The third-order valence-electron chi connectivity index (χ3n) is 4.08. The second-order valence-electron chi connectivity index (χ2n) is 5.47. The molecule has 0 spiro atoms. The van der Waals surface area contributed by atoms with Gasteiger partial charge in [-0.15, -0.1) is 0 Å². The maximum atomic E-state index is 6.17. The Labute approximate surface area is 114 Å². The van der Waals surface area contributed by atoms with Gasteiger partial charge in [0.05, 0.1) is 0 Å². The number of aromatic nitrogens is 1. The van der Waals surface area contributed by atoms with Gasteiger partial charge in [-0.2, -0.15) is 0 Å². The number of pyridine rings is 1. The number of nitrogens with zero attached hydrogens (tertiary/aromatic N) is 2. The van der Waals surface area contributed by atoms with Crippen LogP contribution in [0, 0.1) is 0 Å². The summed E-state index contributed by atoms with van der Waals surface area (Å²) in [5.41, 5.74) is 6.17. The monoisotopic (exact) mass is 255 g/mol. The summed E-state index contributed by atoms with van der Waals surface area (Å²) in [4.78, 5) is 7.05. The summed E-state index contributed by atoms with van der Waals surface area (Å²) in [5.74, 6) is 1.10. The van der Waals surface area contributed by atoms with E-state index in [0.717, 1.165) is 12.4 Å². The Bertz CT molecular complexity index is 559. The van der Waals surface area contributed by atoms with Crippen molar-refractivity contribution in [2.45, 2.75) is 38.3 Å². The Balaban J connectivity index is 2.07. The van der Waals surface area contributed by atoms with Crippen molar-refractivity contribution < 1.29 is 0 Å². The van der Waals surface area contributed by atoms with Crippen molar-refractivity contribution in [2.24, 2.45) is 5.73 Å². The van der Waals surface area contributed by atoms with Gasteiger partial charge in [-0.05, 0) is 37.6 Å². The molecule has 0 radical (unpaired) electrons. The number of anilines is 1. The number of piperidine rings is 1. The smallest absolute Gasteiger partial charge is 0.136 e. The summed E-state index contributed by atoms with van der Waals surface area (Å²) >= 11 is 0. The molecule has 0 saturated carbocycles. The minimum absolute atomic E-state index is 0.182. The van der Waals surface area contributed by atoms with Gasteiger partial charge >= 0.3 is 0 Å². The number of nitrogens with two attached hydrogens (primary N) is 1. The number of hydrogen-bond acceptors (Lipinski definition) is 3. The lowest BCUT2D eigenvalue weighted by atomic mass is 9.96. The molecule has 2 heterocycles. The largest absolute Gasteiger partial charge is 0.352 e. The number of rotatable bonds is 2. The maximum Gasteiger partial charge on any atom is 0.136 e. The molecule has 2 N–H and O–H groups in total. The van der Waals surface area contributed by atoms with Crippen LogP contribution in [0.15, 0.2) is 36.5 Å². The molecule has 1 fully saturated rings. The van der Waals surface area contributed by atoms with Crippen LogP contribution in [-0.2, 0) is 0 Å². The van der Waals surface area contributed by atoms with E-state index >= 15 is 0 Å². The third-order valence-corrected chi connectivity index (χ3v) is 4.08. The molecular weight excluding hydrogens is 234 g/mol. The van der Waals surface area contributed by atoms with E-state index in [4.69, 9.17) is 5.73 Å². The second-order valence-corrected chi connectivity index (χ2v) is 5.47. The van der Waals surface area contributed by atoms with Gasteiger partial charge in [0.1, 0.15) is 5.82 Å². The average Bonchev–Trinajstić information content (AvgIpc) is 2.46. The van der Waals surface area contributed by atoms with Crippen LogP contribution in [0.5, 0.6) is 0 Å². The van der Waals surface area contributed by atoms with Gasteiger partial charge in [0.2, 0.25) is 0 Å². The normalized spacial score (nSPS) is 21.6. The Morgan fingerprint density at radius 1 is 1.26 bits per heavy atom. The first-order chi connectivity index (χ1) is 9.27. The molecule has 3 heteroatoms. The fourth-order valence-electron chi connectivity index (χ4n) is 3.10. The molecule has 1 aromatic heterocycles. The van der Waals surface area contributed by atoms with Crippen molar-refractivity contribution in [3.05, 3.63) is 36.5 Å². The molecule has 1 aliphatic heterocycles. The van der Waals surface area contributed by atoms with Gasteiger partial charge in [-0.25, -0.2) is 4.98 Å². The summed E-state index contributed by atoms with van der Waals surface area (Å²) in [6.07, 6.45) is 5.58. The molecule has 2 aromatic rings. The quantitative estimate of drug-likeness (QED) is 0.897. The highest BCUT2D eigenvalue weighted by Gasteiger charge is 2.27. The summed E-state index contributed by atoms with van der Waals surface area (Å²) in [6.45, 7) is 3.17. The molecule has 3 nitrogen and oxygen atoms in total. The predicted molar refractivity (Wildman–Crippen MR) is 80.4 cm³/mol. The average molecular weight is 255 g/mol. The van der Waals surface area contributed by atoms with Gasteiger partial charge in [0.15, 0.2) is 0 Å². The van der Waals surface area contributed by atoms with Crippen LogP contribution in [0.3, 0.4) is 0 Å². The van der Waals surface area contributed by atoms with Crippen molar-refractivity contribution in [3.63, 3.8) is 0 Å². The molecule has 3 rings (SSSR count). The lowest BCUT2D eigenvalue weighted by Gasteiger charge is -2.39. The van der Waals surface area contributed by atoms with Gasteiger partial charge in [0.25, 0.3) is 0 Å². The van der Waals surface area contributed by atoms with Crippen LogP contribution >= 0.6 is 0 Å². The van der Waals surface area contributed by atoms with E-state index in [0.29, 0.717) is 6.04 Å².